The van der Waals surface area contributed by atoms with Gasteiger partial charge in [0.2, 0.25) is 0 Å². The number of urea groups is 1. The number of aryl methyl sites for hydroxylation is 1. The molecule has 128 valence electrons. The molecule has 23 heavy (non-hydrogen) atoms. The van der Waals surface area contributed by atoms with Crippen LogP contribution in [0.5, 0.6) is 0 Å². The van der Waals surface area contributed by atoms with Gasteiger partial charge in [-0.25, -0.2) is 4.79 Å². The molecule has 1 saturated heterocycles. The summed E-state index contributed by atoms with van der Waals surface area (Å²) in [7, 11) is 0. The molecule has 1 aromatic carbocycles. The van der Waals surface area contributed by atoms with Crippen LogP contribution in [-0.2, 0) is 6.42 Å². The van der Waals surface area contributed by atoms with E-state index in [1.165, 1.54) is 5.56 Å². The Bertz CT molecular complexity index is 491. The predicted octanol–water partition coefficient (Wildman–Crippen LogP) is 3.36. The number of aliphatic hydroxyl groups excluding tert-OH is 1. The fourth-order valence-electron chi connectivity index (χ4n) is 3.14. The van der Waals surface area contributed by atoms with Crippen molar-refractivity contribution in [2.45, 2.75) is 46.1 Å². The number of hydrogen-bond acceptors (Lipinski definition) is 2. The lowest BCUT2D eigenvalue weighted by molar-refractivity contribution is 0.134. The maximum absolute atomic E-state index is 12.6. The largest absolute Gasteiger partial charge is 0.396 e. The predicted molar refractivity (Wildman–Crippen MR) is 93.3 cm³/mol. The summed E-state index contributed by atoms with van der Waals surface area (Å²) >= 11 is 0. The Labute approximate surface area is 139 Å². The second-order valence-electron chi connectivity index (χ2n) is 6.88. The molecule has 0 radical (unpaired) electrons. The van der Waals surface area contributed by atoms with Gasteiger partial charge in [-0.3, -0.25) is 0 Å². The Balaban J connectivity index is 2.00. The number of amides is 2. The Morgan fingerprint density at radius 2 is 1.87 bits per heavy atom. The van der Waals surface area contributed by atoms with Gasteiger partial charge in [0, 0.05) is 19.7 Å². The molecule has 2 rings (SSSR count). The van der Waals surface area contributed by atoms with Crippen LogP contribution in [0.3, 0.4) is 0 Å². The van der Waals surface area contributed by atoms with Gasteiger partial charge in [0.1, 0.15) is 0 Å². The van der Waals surface area contributed by atoms with Gasteiger partial charge in [0.05, 0.1) is 6.04 Å². The molecule has 1 atom stereocenters. The van der Waals surface area contributed by atoms with Crippen molar-refractivity contribution in [2.75, 3.05) is 19.7 Å². The topological polar surface area (TPSA) is 52.6 Å². The summed E-state index contributed by atoms with van der Waals surface area (Å²) in [5.41, 5.74) is 2.48. The van der Waals surface area contributed by atoms with E-state index in [1.54, 1.807) is 0 Å². The van der Waals surface area contributed by atoms with Crippen molar-refractivity contribution in [1.29, 1.82) is 0 Å². The van der Waals surface area contributed by atoms with E-state index in [0.717, 1.165) is 37.9 Å². The molecule has 0 saturated carbocycles. The van der Waals surface area contributed by atoms with Gasteiger partial charge in [-0.1, -0.05) is 45.0 Å². The van der Waals surface area contributed by atoms with Crippen molar-refractivity contribution in [3.05, 3.63) is 35.4 Å². The number of rotatable bonds is 5. The first-order valence-electron chi connectivity index (χ1n) is 8.80. The number of carbonyl (C=O) groups is 1. The van der Waals surface area contributed by atoms with Crippen LogP contribution >= 0.6 is 0 Å². The fourth-order valence-corrected chi connectivity index (χ4v) is 3.14. The van der Waals surface area contributed by atoms with Crippen molar-refractivity contribution in [1.82, 2.24) is 10.2 Å². The molecule has 4 nitrogen and oxygen atoms in total. The molecule has 1 unspecified atom stereocenters. The van der Waals surface area contributed by atoms with Crippen molar-refractivity contribution in [3.8, 4) is 0 Å². The first-order valence-corrected chi connectivity index (χ1v) is 8.80. The normalized spacial score (nSPS) is 17.3. The van der Waals surface area contributed by atoms with Gasteiger partial charge in [-0.15, -0.1) is 0 Å². The molecule has 0 aromatic heterocycles. The monoisotopic (exact) mass is 318 g/mol. The van der Waals surface area contributed by atoms with Crippen molar-refractivity contribution in [2.24, 2.45) is 11.8 Å². The van der Waals surface area contributed by atoms with Gasteiger partial charge in [-0.05, 0) is 42.2 Å². The van der Waals surface area contributed by atoms with Gasteiger partial charge >= 0.3 is 6.03 Å². The molecule has 0 bridgehead atoms. The molecule has 0 spiro atoms. The van der Waals surface area contributed by atoms with E-state index >= 15 is 0 Å². The van der Waals surface area contributed by atoms with Gasteiger partial charge < -0.3 is 15.3 Å². The van der Waals surface area contributed by atoms with Crippen molar-refractivity contribution < 1.29 is 9.90 Å². The van der Waals surface area contributed by atoms with Crippen LogP contribution < -0.4 is 5.32 Å². The van der Waals surface area contributed by atoms with E-state index in [9.17, 15) is 9.90 Å². The second-order valence-corrected chi connectivity index (χ2v) is 6.88. The highest BCUT2D eigenvalue weighted by molar-refractivity contribution is 5.74. The maximum atomic E-state index is 12.6. The Morgan fingerprint density at radius 3 is 2.35 bits per heavy atom. The van der Waals surface area contributed by atoms with Crippen LogP contribution in [0.15, 0.2) is 24.3 Å². The number of likely N-dealkylation sites (tertiary alicyclic amines) is 1. The summed E-state index contributed by atoms with van der Waals surface area (Å²) < 4.78 is 0. The minimum Gasteiger partial charge on any atom is -0.396 e. The standard InChI is InChI=1S/C19H30N2O2/c1-4-15-5-7-17(8-6-15)18(14(2)3)20-19(23)21-11-9-16(13-22)10-12-21/h5-8,14,16,18,22H,4,9-13H2,1-3H3,(H,20,23). The average Bonchev–Trinajstić information content (AvgIpc) is 2.59. The van der Waals surface area contributed by atoms with Gasteiger partial charge in [0.25, 0.3) is 0 Å². The number of benzene rings is 1. The Kier molecular flexibility index (Phi) is 6.46. The van der Waals surface area contributed by atoms with Crippen LogP contribution in [0.2, 0.25) is 0 Å². The maximum Gasteiger partial charge on any atom is 0.317 e. The number of piperidine rings is 1. The molecular weight excluding hydrogens is 288 g/mol. The highest BCUT2D eigenvalue weighted by atomic mass is 16.3. The molecule has 2 N–H and O–H groups in total. The molecular formula is C19H30N2O2. The number of aliphatic hydroxyl groups is 1. The van der Waals surface area contributed by atoms with E-state index in [-0.39, 0.29) is 18.7 Å². The zero-order valence-electron chi connectivity index (χ0n) is 14.6. The molecule has 4 heteroatoms. The van der Waals surface area contributed by atoms with Crippen molar-refractivity contribution >= 4 is 6.03 Å². The fraction of sp³-hybridized carbons (Fsp3) is 0.632. The van der Waals surface area contributed by atoms with Crippen LogP contribution in [0.4, 0.5) is 4.79 Å². The zero-order chi connectivity index (χ0) is 16.8. The summed E-state index contributed by atoms with van der Waals surface area (Å²) in [6, 6.07) is 8.58. The average molecular weight is 318 g/mol. The van der Waals surface area contributed by atoms with Gasteiger partial charge in [-0.2, -0.15) is 0 Å². The number of carbonyl (C=O) groups excluding carboxylic acids is 1. The minimum absolute atomic E-state index is 0.0136. The SMILES string of the molecule is CCc1ccc(C(NC(=O)N2CCC(CO)CC2)C(C)C)cc1. The molecule has 1 aromatic rings. The second kappa shape index (κ2) is 8.34. The van der Waals surface area contributed by atoms with E-state index in [4.69, 9.17) is 0 Å². The van der Waals surface area contributed by atoms with Crippen LogP contribution in [0.1, 0.15) is 50.8 Å². The Morgan fingerprint density at radius 1 is 1.26 bits per heavy atom. The van der Waals surface area contributed by atoms with E-state index in [2.05, 4.69) is 50.4 Å². The van der Waals surface area contributed by atoms with Crippen LogP contribution in [0, 0.1) is 11.8 Å². The van der Waals surface area contributed by atoms with E-state index < -0.39 is 0 Å². The lowest BCUT2D eigenvalue weighted by Crippen LogP contribution is -2.46. The first-order chi connectivity index (χ1) is 11.0. The minimum atomic E-state index is 0.0136. The van der Waals surface area contributed by atoms with Crippen molar-refractivity contribution in [3.63, 3.8) is 0 Å². The van der Waals surface area contributed by atoms with E-state index in [0.29, 0.717) is 11.8 Å². The highest BCUT2D eigenvalue weighted by Crippen LogP contribution is 2.23. The molecule has 1 fully saturated rings. The number of hydrogen-bond donors (Lipinski definition) is 2. The summed E-state index contributed by atoms with van der Waals surface area (Å²) in [5, 5.41) is 12.4. The summed E-state index contributed by atoms with van der Waals surface area (Å²) in [6.07, 6.45) is 2.81. The van der Waals surface area contributed by atoms with Gasteiger partial charge in [0.15, 0.2) is 0 Å². The quantitative estimate of drug-likeness (QED) is 0.874. The zero-order valence-corrected chi connectivity index (χ0v) is 14.6. The number of nitrogens with zero attached hydrogens (tertiary/aromatic N) is 1. The molecule has 0 aliphatic carbocycles. The molecule has 2 amide bonds. The lowest BCUT2D eigenvalue weighted by Gasteiger charge is -2.33. The smallest absolute Gasteiger partial charge is 0.317 e. The number of nitrogens with one attached hydrogen (secondary N) is 1. The first kappa shape index (κ1) is 17.8. The molecule has 1 heterocycles. The molecule has 1 aliphatic rings. The van der Waals surface area contributed by atoms with E-state index in [1.807, 2.05) is 4.90 Å². The van der Waals surface area contributed by atoms with Crippen LogP contribution in [-0.4, -0.2) is 35.7 Å². The Hall–Kier alpha value is -1.55. The summed E-state index contributed by atoms with van der Waals surface area (Å²) in [4.78, 5) is 14.4. The molecule has 1 aliphatic heterocycles. The lowest BCUT2D eigenvalue weighted by atomic mass is 9.94. The highest BCUT2D eigenvalue weighted by Gasteiger charge is 2.25. The third-order valence-electron chi connectivity index (χ3n) is 4.85. The third kappa shape index (κ3) is 4.71. The summed E-state index contributed by atoms with van der Waals surface area (Å²) in [6.45, 7) is 8.11. The van der Waals surface area contributed by atoms with Crippen LogP contribution in [0.25, 0.3) is 0 Å². The summed E-state index contributed by atoms with van der Waals surface area (Å²) in [5.74, 6) is 0.683. The third-order valence-corrected chi connectivity index (χ3v) is 4.85.